The van der Waals surface area contributed by atoms with Crippen LogP contribution in [0.5, 0.6) is 0 Å². The van der Waals surface area contributed by atoms with E-state index >= 15 is 0 Å². The molecule has 20 nitrogen and oxygen atoms in total. The number of rotatable bonds is 34. The zero-order valence-corrected chi connectivity index (χ0v) is 63.7. The quantitative estimate of drug-likeness (QED) is 0.0157. The summed E-state index contributed by atoms with van der Waals surface area (Å²) < 4.78 is 43.5. The third kappa shape index (κ3) is 27.0. The molecule has 112 heavy (non-hydrogen) atoms. The Bertz CT molecular complexity index is 4340. The Kier molecular flexibility index (Phi) is 32.3. The number of hydrogen-bond donors (Lipinski definition) is 0. The van der Waals surface area contributed by atoms with E-state index in [0.29, 0.717) is 33.4 Å². The topological polar surface area (TPSA) is 306 Å². The molecule has 0 amide bonds. The van der Waals surface area contributed by atoms with Crippen molar-refractivity contribution in [1.29, 1.82) is 21.0 Å². The van der Waals surface area contributed by atoms with Gasteiger partial charge in [0.25, 0.3) is 0 Å². The second-order valence-electron chi connectivity index (χ2n) is 29.1. The highest BCUT2D eigenvalue weighted by atomic mass is 16.6. The summed E-state index contributed by atoms with van der Waals surface area (Å²) in [5.41, 5.74) is 3.13. The first kappa shape index (κ1) is 85.7. The molecule has 0 aliphatic rings. The molecule has 0 radical (unpaired) electrons. The molecule has 2 unspecified atom stereocenters. The lowest BCUT2D eigenvalue weighted by Gasteiger charge is -2.26. The van der Waals surface area contributed by atoms with Crippen molar-refractivity contribution in [2.24, 2.45) is 33.5 Å². The molecule has 8 aromatic carbocycles. The van der Waals surface area contributed by atoms with Crippen LogP contribution in [0.25, 0.3) is 11.1 Å². The van der Waals surface area contributed by atoms with Gasteiger partial charge in [-0.25, -0.2) is 28.8 Å². The van der Waals surface area contributed by atoms with Crippen molar-refractivity contribution < 1.29 is 76.3 Å². The summed E-state index contributed by atoms with van der Waals surface area (Å²) in [6.45, 7) is 12.6. The van der Waals surface area contributed by atoms with Crippen LogP contribution in [-0.4, -0.2) is 101 Å². The molecule has 0 aliphatic heterocycles. The molecule has 8 aromatic rings. The number of nitrogens with zero attached hydrogens (tertiary/aromatic N) is 4. The van der Waals surface area contributed by atoms with Gasteiger partial charge in [-0.1, -0.05) is 298 Å². The lowest BCUT2D eigenvalue weighted by Crippen LogP contribution is -2.32. The zero-order valence-electron chi connectivity index (χ0n) is 63.7. The van der Waals surface area contributed by atoms with E-state index in [1.165, 1.54) is 0 Å². The molecule has 2 atom stereocenters. The van der Waals surface area contributed by atoms with E-state index in [-0.39, 0.29) is 64.0 Å². The Hall–Kier alpha value is -13.6. The summed E-state index contributed by atoms with van der Waals surface area (Å²) in [4.78, 5) is 103. The first-order valence-electron chi connectivity index (χ1n) is 35.9. The molecule has 0 saturated heterocycles. The molecule has 8 rings (SSSR count). The van der Waals surface area contributed by atoms with E-state index in [1.807, 2.05) is 206 Å². The highest BCUT2D eigenvalue weighted by molar-refractivity contribution is 6.06. The third-order valence-electron chi connectivity index (χ3n) is 17.0. The average molecular weight is 1510 g/mol. The fourth-order valence-corrected chi connectivity index (χ4v) is 11.1. The van der Waals surface area contributed by atoms with Crippen LogP contribution in [-0.2, 0) is 76.3 Å². The fraction of sp³-hybridized carbons (Fsp3) is 0.261. The Morgan fingerprint density at radius 1 is 0.286 bits per heavy atom. The van der Waals surface area contributed by atoms with Crippen molar-refractivity contribution >= 4 is 58.9 Å². The molecule has 0 bridgehead atoms. The minimum absolute atomic E-state index is 0.132. The maximum atomic E-state index is 13.3. The molecule has 0 saturated carbocycles. The summed E-state index contributed by atoms with van der Waals surface area (Å²) in [5.74, 6) is -9.64. The van der Waals surface area contributed by atoms with Gasteiger partial charge < -0.3 is 37.9 Å². The summed E-state index contributed by atoms with van der Waals surface area (Å²) in [5, 5.41) is 40.1. The maximum Gasteiger partial charge on any atom is 0.349 e. The molecule has 20 heteroatoms. The zero-order chi connectivity index (χ0) is 81.1. The molecule has 0 heterocycles. The predicted molar refractivity (Wildman–Crippen MR) is 418 cm³/mol. The highest BCUT2D eigenvalue weighted by Crippen LogP contribution is 2.36. The van der Waals surface area contributed by atoms with Crippen molar-refractivity contribution in [1.82, 2.24) is 0 Å². The van der Waals surface area contributed by atoms with Crippen molar-refractivity contribution in [3.8, 4) is 24.3 Å². The van der Waals surface area contributed by atoms with Crippen LogP contribution >= 0.6 is 0 Å². The Labute approximate surface area is 653 Å². The van der Waals surface area contributed by atoms with E-state index in [9.17, 15) is 59.4 Å². The summed E-state index contributed by atoms with van der Waals surface area (Å²) in [6, 6.07) is 81.6. The standard InChI is InChI=1S/C46H46N2O8.C46H42N2O8/c2*1-45(2,31-55-43(51)37(27-47)41(33-17-9-5-10-18-33)34-19-11-6-12-20-34)29-53-39(49)25-26-40(50)54-30-46(3,4)32-56-44(52)38(28-48)42(35-21-13-7-14-22-35)36-23-15-8-16-24-36/h5-26,37-38,41-42H,29-32H2,1-4H3;5-26H,29-32H2,1-4H3/b2*26-25+. The van der Waals surface area contributed by atoms with Gasteiger partial charge >= 0.3 is 47.8 Å². The first-order chi connectivity index (χ1) is 53.7. The number of ether oxygens (including phenoxy) is 8. The Morgan fingerprint density at radius 2 is 0.473 bits per heavy atom. The van der Waals surface area contributed by atoms with Crippen molar-refractivity contribution in [3.05, 3.63) is 323 Å². The van der Waals surface area contributed by atoms with Crippen LogP contribution in [0, 0.1) is 78.8 Å². The first-order valence-corrected chi connectivity index (χ1v) is 35.9. The fourth-order valence-electron chi connectivity index (χ4n) is 11.1. The number of hydrogen-bond acceptors (Lipinski definition) is 20. The number of carbonyl (C=O) groups excluding carboxylic acids is 8. The highest BCUT2D eigenvalue weighted by Gasteiger charge is 2.37. The van der Waals surface area contributed by atoms with E-state index < -0.39 is 93.1 Å². The summed E-state index contributed by atoms with van der Waals surface area (Å²) in [7, 11) is 0. The largest absolute Gasteiger partial charge is 0.464 e. The molecule has 0 N–H and O–H groups in total. The second kappa shape index (κ2) is 42.3. The normalized spacial score (nSPS) is 11.8. The van der Waals surface area contributed by atoms with Gasteiger partial charge in [-0.2, -0.15) is 21.0 Å². The van der Waals surface area contributed by atoms with Crippen LogP contribution < -0.4 is 0 Å². The maximum absolute atomic E-state index is 13.3. The van der Waals surface area contributed by atoms with Crippen LogP contribution in [0.15, 0.2) is 278 Å². The van der Waals surface area contributed by atoms with E-state index in [1.54, 1.807) is 104 Å². The number of benzene rings is 8. The minimum Gasteiger partial charge on any atom is -0.464 e. The van der Waals surface area contributed by atoms with Crippen LogP contribution in [0.4, 0.5) is 0 Å². The number of carbonyl (C=O) groups is 8. The van der Waals surface area contributed by atoms with Crippen LogP contribution in [0.2, 0.25) is 0 Å². The van der Waals surface area contributed by atoms with Crippen molar-refractivity contribution in [2.75, 3.05) is 52.9 Å². The van der Waals surface area contributed by atoms with Gasteiger partial charge in [0.15, 0.2) is 11.8 Å². The van der Waals surface area contributed by atoms with Crippen LogP contribution in [0.1, 0.15) is 112 Å². The van der Waals surface area contributed by atoms with Crippen molar-refractivity contribution in [2.45, 2.75) is 67.2 Å². The molecular formula is C92H88N4O16. The van der Waals surface area contributed by atoms with E-state index in [4.69, 9.17) is 37.9 Å². The monoisotopic (exact) mass is 1500 g/mol. The predicted octanol–water partition coefficient (Wildman–Crippen LogP) is 15.5. The van der Waals surface area contributed by atoms with Gasteiger partial charge in [0.2, 0.25) is 0 Å². The molecule has 0 aromatic heterocycles. The second-order valence-corrected chi connectivity index (χ2v) is 29.1. The average Bonchev–Trinajstić information content (AvgIpc) is 0.830. The SMILES string of the molecule is CC(C)(COC(=O)/C=C/C(=O)OCC(C)(C)COC(=O)C(C#N)=C(c1ccccc1)c1ccccc1)COC(=O)C(C#N)=C(c1ccccc1)c1ccccc1.CC(C)(COC(=O)/C=C/C(=O)OCC(C)(C)COC(=O)C(C#N)C(c1ccccc1)c1ccccc1)COC(=O)C(C#N)C(c1ccccc1)c1ccccc1. The van der Waals surface area contributed by atoms with Gasteiger partial charge in [-0.3, -0.25) is 9.59 Å². The Morgan fingerprint density at radius 3 is 0.670 bits per heavy atom. The smallest absolute Gasteiger partial charge is 0.349 e. The lowest BCUT2D eigenvalue weighted by molar-refractivity contribution is -0.154. The minimum atomic E-state index is -1.12. The van der Waals surface area contributed by atoms with Crippen molar-refractivity contribution in [3.63, 3.8) is 0 Å². The van der Waals surface area contributed by atoms with Gasteiger partial charge in [0.1, 0.15) is 36.5 Å². The van der Waals surface area contributed by atoms with Gasteiger partial charge in [0.05, 0.1) is 51.8 Å². The van der Waals surface area contributed by atoms with Gasteiger partial charge in [0, 0.05) is 68.9 Å². The van der Waals surface area contributed by atoms with E-state index in [2.05, 4.69) is 12.1 Å². The number of nitriles is 4. The molecule has 0 spiro atoms. The summed E-state index contributed by atoms with van der Waals surface area (Å²) >= 11 is 0. The number of esters is 8. The van der Waals surface area contributed by atoms with Crippen LogP contribution in [0.3, 0.4) is 0 Å². The van der Waals surface area contributed by atoms with Gasteiger partial charge in [-0.05, 0) is 44.5 Å². The molecular weight excluding hydrogens is 1420 g/mol. The lowest BCUT2D eigenvalue weighted by atomic mass is 9.81. The Balaban J connectivity index is 0.000000311. The molecule has 572 valence electrons. The van der Waals surface area contributed by atoms with Gasteiger partial charge in [-0.15, -0.1) is 0 Å². The molecule has 0 aliphatic carbocycles. The van der Waals surface area contributed by atoms with E-state index in [0.717, 1.165) is 46.6 Å². The summed E-state index contributed by atoms with van der Waals surface area (Å²) in [6.07, 6.45) is 3.69. The molecule has 0 fully saturated rings. The third-order valence-corrected chi connectivity index (χ3v) is 17.0.